The van der Waals surface area contributed by atoms with Gasteiger partial charge in [0, 0.05) is 0 Å². The van der Waals surface area contributed by atoms with Crippen LogP contribution in [0.4, 0.5) is 0 Å². The van der Waals surface area contributed by atoms with Gasteiger partial charge in [0.2, 0.25) is 0 Å². The van der Waals surface area contributed by atoms with Gasteiger partial charge in [0.15, 0.2) is 0 Å². The molecule has 0 spiro atoms. The van der Waals surface area contributed by atoms with E-state index < -0.39 is 0 Å². The lowest BCUT2D eigenvalue weighted by atomic mass is 10.3. The highest BCUT2D eigenvalue weighted by Gasteiger charge is 2.36. The van der Waals surface area contributed by atoms with Crippen molar-refractivity contribution >= 4 is 11.0 Å². The van der Waals surface area contributed by atoms with Crippen LogP contribution in [0.1, 0.15) is 19.4 Å². The van der Waals surface area contributed by atoms with Crippen LogP contribution in [0.3, 0.4) is 0 Å². The zero-order valence-corrected chi connectivity index (χ0v) is 7.51. The largest absolute Gasteiger partial charge is 0.241 e. The Labute approximate surface area is 76.4 Å². The Morgan fingerprint density at radius 2 is 2.15 bits per heavy atom. The summed E-state index contributed by atoms with van der Waals surface area (Å²) in [5.41, 5.74) is 2.17. The number of nitrogens with zero attached hydrogens (tertiary/aromatic N) is 3. The fraction of sp³-hybridized carbons (Fsp3) is 0.400. The number of benzene rings is 1. The van der Waals surface area contributed by atoms with Crippen molar-refractivity contribution in [3.05, 3.63) is 24.3 Å². The zero-order chi connectivity index (χ0) is 8.84. The van der Waals surface area contributed by atoms with Crippen molar-refractivity contribution < 1.29 is 0 Å². The minimum Gasteiger partial charge on any atom is -0.241 e. The molecule has 2 atom stereocenters. The van der Waals surface area contributed by atoms with Crippen molar-refractivity contribution in [2.45, 2.75) is 19.4 Å². The second-order valence-corrected chi connectivity index (χ2v) is 3.80. The van der Waals surface area contributed by atoms with E-state index in [9.17, 15) is 0 Å². The third-order valence-electron chi connectivity index (χ3n) is 2.76. The highest BCUT2D eigenvalue weighted by atomic mass is 15.4. The second-order valence-electron chi connectivity index (χ2n) is 3.80. The van der Waals surface area contributed by atoms with Gasteiger partial charge in [-0.3, -0.25) is 0 Å². The second kappa shape index (κ2) is 2.31. The molecule has 0 amide bonds. The minimum atomic E-state index is 0.590. The molecule has 0 saturated heterocycles. The molecule has 1 heterocycles. The summed E-state index contributed by atoms with van der Waals surface area (Å²) in [5.74, 6) is 0.769. The normalized spacial score (nSPS) is 26.5. The van der Waals surface area contributed by atoms with Crippen molar-refractivity contribution in [2.75, 3.05) is 0 Å². The number of hydrogen-bond acceptors (Lipinski definition) is 2. The van der Waals surface area contributed by atoms with E-state index in [4.69, 9.17) is 0 Å². The number of rotatable bonds is 1. The van der Waals surface area contributed by atoms with E-state index >= 15 is 0 Å². The molecule has 2 aromatic rings. The van der Waals surface area contributed by atoms with Gasteiger partial charge in [0.25, 0.3) is 0 Å². The standard InChI is InChI=1S/C10H11N3/c1-7-6-10(7)13-9-5-3-2-4-8(9)11-12-13/h2-5,7,10H,6H2,1H3/t7-,10-/m1/s1. The molecule has 1 aliphatic rings. The molecule has 0 N–H and O–H groups in total. The van der Waals surface area contributed by atoms with Crippen LogP contribution >= 0.6 is 0 Å². The Hall–Kier alpha value is -1.38. The number of hydrogen-bond donors (Lipinski definition) is 0. The smallest absolute Gasteiger partial charge is 0.113 e. The fourth-order valence-corrected chi connectivity index (χ4v) is 1.78. The highest BCUT2D eigenvalue weighted by molar-refractivity contribution is 5.74. The van der Waals surface area contributed by atoms with Gasteiger partial charge in [0.1, 0.15) is 5.52 Å². The van der Waals surface area contributed by atoms with E-state index in [1.807, 2.05) is 18.2 Å². The molecule has 1 fully saturated rings. The first-order chi connectivity index (χ1) is 6.36. The van der Waals surface area contributed by atoms with Gasteiger partial charge < -0.3 is 0 Å². The third-order valence-corrected chi connectivity index (χ3v) is 2.76. The summed E-state index contributed by atoms with van der Waals surface area (Å²) in [7, 11) is 0. The van der Waals surface area contributed by atoms with Crippen molar-refractivity contribution in [1.29, 1.82) is 0 Å². The molecule has 1 aromatic carbocycles. The minimum absolute atomic E-state index is 0.590. The van der Waals surface area contributed by atoms with Crippen LogP contribution in [0.25, 0.3) is 11.0 Å². The Morgan fingerprint density at radius 3 is 2.92 bits per heavy atom. The van der Waals surface area contributed by atoms with Gasteiger partial charge in [-0.15, -0.1) is 5.10 Å². The molecule has 66 valence electrons. The average molecular weight is 173 g/mol. The number of aromatic nitrogens is 3. The monoisotopic (exact) mass is 173 g/mol. The van der Waals surface area contributed by atoms with Crippen molar-refractivity contribution in [2.24, 2.45) is 5.92 Å². The van der Waals surface area contributed by atoms with Gasteiger partial charge in [0.05, 0.1) is 11.6 Å². The van der Waals surface area contributed by atoms with Crippen LogP contribution in [0.2, 0.25) is 0 Å². The summed E-state index contributed by atoms with van der Waals surface area (Å²) in [5, 5.41) is 8.30. The van der Waals surface area contributed by atoms with E-state index in [0.29, 0.717) is 6.04 Å². The predicted molar refractivity (Wildman–Crippen MR) is 50.3 cm³/mol. The molecular weight excluding hydrogens is 162 g/mol. The summed E-state index contributed by atoms with van der Waals surface area (Å²) >= 11 is 0. The Morgan fingerprint density at radius 1 is 1.38 bits per heavy atom. The van der Waals surface area contributed by atoms with Gasteiger partial charge in [-0.2, -0.15) is 0 Å². The lowest BCUT2D eigenvalue weighted by Crippen LogP contribution is -1.97. The van der Waals surface area contributed by atoms with Crippen molar-refractivity contribution in [3.8, 4) is 0 Å². The molecular formula is C10H11N3. The Bertz CT molecular complexity index is 446. The first-order valence-electron chi connectivity index (χ1n) is 4.66. The van der Waals surface area contributed by atoms with Crippen LogP contribution < -0.4 is 0 Å². The lowest BCUT2D eigenvalue weighted by Gasteiger charge is -1.97. The van der Waals surface area contributed by atoms with Gasteiger partial charge in [-0.25, -0.2) is 4.68 Å². The van der Waals surface area contributed by atoms with Gasteiger partial charge in [-0.05, 0) is 24.5 Å². The number of para-hydroxylation sites is 1. The molecule has 1 aromatic heterocycles. The quantitative estimate of drug-likeness (QED) is 0.660. The molecule has 13 heavy (non-hydrogen) atoms. The highest BCUT2D eigenvalue weighted by Crippen LogP contribution is 2.43. The maximum Gasteiger partial charge on any atom is 0.113 e. The molecule has 0 bridgehead atoms. The lowest BCUT2D eigenvalue weighted by molar-refractivity contribution is 0.597. The SMILES string of the molecule is C[C@@H]1C[C@H]1n1nnc2ccccc21. The summed E-state index contributed by atoms with van der Waals surface area (Å²) < 4.78 is 2.06. The molecule has 3 rings (SSSR count). The molecule has 3 heteroatoms. The first kappa shape index (κ1) is 7.06. The van der Waals surface area contributed by atoms with Crippen LogP contribution in [0.5, 0.6) is 0 Å². The van der Waals surface area contributed by atoms with Crippen molar-refractivity contribution in [1.82, 2.24) is 15.0 Å². The molecule has 1 aliphatic carbocycles. The predicted octanol–water partition coefficient (Wildman–Crippen LogP) is 2.01. The van der Waals surface area contributed by atoms with Crippen molar-refractivity contribution in [3.63, 3.8) is 0 Å². The molecule has 0 radical (unpaired) electrons. The first-order valence-corrected chi connectivity index (χ1v) is 4.66. The molecule has 3 nitrogen and oxygen atoms in total. The van der Waals surface area contributed by atoms with Crippen LogP contribution in [0.15, 0.2) is 24.3 Å². The van der Waals surface area contributed by atoms with E-state index in [1.165, 1.54) is 6.42 Å². The van der Waals surface area contributed by atoms with Gasteiger partial charge >= 0.3 is 0 Å². The Balaban J connectivity index is 2.19. The zero-order valence-electron chi connectivity index (χ0n) is 7.51. The number of fused-ring (bicyclic) bond motifs is 1. The van der Waals surface area contributed by atoms with Gasteiger partial charge in [-0.1, -0.05) is 24.3 Å². The maximum absolute atomic E-state index is 4.17. The van der Waals surface area contributed by atoms with E-state index in [1.54, 1.807) is 0 Å². The van der Waals surface area contributed by atoms with Crippen LogP contribution in [0, 0.1) is 5.92 Å². The summed E-state index contributed by atoms with van der Waals surface area (Å²) in [4.78, 5) is 0. The van der Waals surface area contributed by atoms with E-state index in [0.717, 1.165) is 17.0 Å². The van der Waals surface area contributed by atoms with E-state index in [-0.39, 0.29) is 0 Å². The summed E-state index contributed by atoms with van der Waals surface area (Å²) in [6, 6.07) is 8.71. The molecule has 0 aliphatic heterocycles. The van der Waals surface area contributed by atoms with E-state index in [2.05, 4.69) is 28.0 Å². The average Bonchev–Trinajstić information content (AvgIpc) is 2.74. The Kier molecular flexibility index (Phi) is 1.26. The summed E-state index contributed by atoms with van der Waals surface area (Å²) in [6.45, 7) is 2.25. The molecule has 0 unspecified atom stereocenters. The third kappa shape index (κ3) is 0.963. The van der Waals surface area contributed by atoms with Crippen LogP contribution in [-0.4, -0.2) is 15.0 Å². The fourth-order valence-electron chi connectivity index (χ4n) is 1.78. The maximum atomic E-state index is 4.17. The topological polar surface area (TPSA) is 30.7 Å². The summed E-state index contributed by atoms with van der Waals surface area (Å²) in [6.07, 6.45) is 1.24. The molecule has 1 saturated carbocycles. The van der Waals surface area contributed by atoms with Crippen LogP contribution in [-0.2, 0) is 0 Å².